The fourth-order valence-corrected chi connectivity index (χ4v) is 4.80. The second-order valence-electron chi connectivity index (χ2n) is 9.24. The number of ether oxygens (including phenoxy) is 1. The summed E-state index contributed by atoms with van der Waals surface area (Å²) in [5.41, 5.74) is 1.20. The van der Waals surface area contributed by atoms with Gasteiger partial charge in [0.2, 0.25) is 0 Å². The van der Waals surface area contributed by atoms with E-state index in [1.54, 1.807) is 12.1 Å². The Kier molecular flexibility index (Phi) is 7.45. The van der Waals surface area contributed by atoms with Gasteiger partial charge in [-0.25, -0.2) is 22.0 Å². The van der Waals surface area contributed by atoms with Gasteiger partial charge in [-0.1, -0.05) is 30.3 Å². The van der Waals surface area contributed by atoms with Crippen LogP contribution in [0.2, 0.25) is 0 Å². The van der Waals surface area contributed by atoms with E-state index < -0.39 is 35.2 Å². The number of halogens is 5. The lowest BCUT2D eigenvalue weighted by Gasteiger charge is -2.29. The molecule has 1 saturated carbocycles. The van der Waals surface area contributed by atoms with E-state index in [1.165, 1.54) is 44.2 Å². The molecule has 3 aromatic carbocycles. The molecule has 4 rings (SSSR count). The van der Waals surface area contributed by atoms with Crippen LogP contribution in [-0.2, 0) is 6.61 Å². The maximum absolute atomic E-state index is 14.7. The quantitative estimate of drug-likeness (QED) is 0.358. The summed E-state index contributed by atoms with van der Waals surface area (Å²) >= 11 is 0. The molecule has 1 aliphatic rings. The molecule has 1 atom stereocenters. The highest BCUT2D eigenvalue weighted by Gasteiger charge is 2.28. The summed E-state index contributed by atoms with van der Waals surface area (Å²) in [7, 11) is 0. The van der Waals surface area contributed by atoms with Gasteiger partial charge in [-0.3, -0.25) is 0 Å². The SMILES string of the molecule is Cc1ccc(COc2ccc(C3CCC(c4ccc(C(C)O)c(F)c4F)CC3)cc2F)c(F)c1F. The Bertz CT molecular complexity index is 1220. The average Bonchev–Trinajstić information content (AvgIpc) is 2.84. The van der Waals surface area contributed by atoms with Crippen LogP contribution in [0.3, 0.4) is 0 Å². The normalized spacial score (nSPS) is 19.0. The zero-order valence-corrected chi connectivity index (χ0v) is 19.6. The largest absolute Gasteiger partial charge is 0.486 e. The second-order valence-corrected chi connectivity index (χ2v) is 9.24. The van der Waals surface area contributed by atoms with Gasteiger partial charge in [0.05, 0.1) is 6.10 Å². The van der Waals surface area contributed by atoms with E-state index in [1.807, 2.05) is 0 Å². The molecule has 0 radical (unpaired) electrons. The van der Waals surface area contributed by atoms with Gasteiger partial charge < -0.3 is 9.84 Å². The smallest absolute Gasteiger partial charge is 0.165 e. The second kappa shape index (κ2) is 10.4. The predicted octanol–water partition coefficient (Wildman–Crippen LogP) is 7.76. The summed E-state index contributed by atoms with van der Waals surface area (Å²) in [6, 6.07) is 10.4. The third-order valence-electron chi connectivity index (χ3n) is 6.93. The Labute approximate surface area is 201 Å². The standard InChI is InChI=1S/C28H27F5O2/c1-15-3-4-20(26(31)25(15)30)14-35-24-12-9-19(13-23(24)29)17-5-7-18(8-6-17)22-11-10-21(16(2)34)27(32)28(22)33/h3-4,9-13,16-18,34H,5-8,14H2,1-2H3. The van der Waals surface area contributed by atoms with Crippen molar-refractivity contribution >= 4 is 0 Å². The van der Waals surface area contributed by atoms with Crippen LogP contribution in [0.15, 0.2) is 42.5 Å². The third kappa shape index (κ3) is 5.20. The molecule has 0 aliphatic heterocycles. The lowest BCUT2D eigenvalue weighted by Crippen LogP contribution is -2.15. The van der Waals surface area contributed by atoms with Crippen molar-refractivity contribution < 1.29 is 31.8 Å². The lowest BCUT2D eigenvalue weighted by atomic mass is 9.76. The minimum absolute atomic E-state index is 0.0000431. The molecule has 0 saturated heterocycles. The topological polar surface area (TPSA) is 29.5 Å². The average molecular weight is 491 g/mol. The number of hydrogen-bond donors (Lipinski definition) is 1. The number of aliphatic hydroxyl groups is 1. The molecular formula is C28H27F5O2. The van der Waals surface area contributed by atoms with Crippen LogP contribution < -0.4 is 4.74 Å². The van der Waals surface area contributed by atoms with Gasteiger partial charge in [0.15, 0.2) is 34.8 Å². The van der Waals surface area contributed by atoms with Gasteiger partial charge in [0.25, 0.3) is 0 Å². The first kappa shape index (κ1) is 25.2. The van der Waals surface area contributed by atoms with Gasteiger partial charge in [0, 0.05) is 11.1 Å². The van der Waals surface area contributed by atoms with Crippen LogP contribution in [0.5, 0.6) is 5.75 Å². The summed E-state index contributed by atoms with van der Waals surface area (Å²) < 4.78 is 76.7. The zero-order chi connectivity index (χ0) is 25.3. The predicted molar refractivity (Wildman–Crippen MR) is 123 cm³/mol. The molecule has 186 valence electrons. The molecule has 0 spiro atoms. The van der Waals surface area contributed by atoms with Crippen LogP contribution in [0.4, 0.5) is 22.0 Å². The molecule has 3 aromatic rings. The van der Waals surface area contributed by atoms with E-state index in [2.05, 4.69) is 0 Å². The Morgan fingerprint density at radius 1 is 0.829 bits per heavy atom. The molecule has 2 nitrogen and oxygen atoms in total. The molecule has 0 heterocycles. The van der Waals surface area contributed by atoms with Gasteiger partial charge in [0.1, 0.15) is 6.61 Å². The van der Waals surface area contributed by atoms with Crippen molar-refractivity contribution in [3.63, 3.8) is 0 Å². The van der Waals surface area contributed by atoms with E-state index in [0.29, 0.717) is 31.2 Å². The van der Waals surface area contributed by atoms with Gasteiger partial charge in [-0.2, -0.15) is 0 Å². The van der Waals surface area contributed by atoms with Crippen LogP contribution in [-0.4, -0.2) is 5.11 Å². The Morgan fingerprint density at radius 3 is 2.17 bits per heavy atom. The zero-order valence-electron chi connectivity index (χ0n) is 19.6. The highest BCUT2D eigenvalue weighted by atomic mass is 19.2. The van der Waals surface area contributed by atoms with Crippen molar-refractivity contribution in [2.45, 2.75) is 64.1 Å². The van der Waals surface area contributed by atoms with Crippen molar-refractivity contribution in [3.8, 4) is 5.75 Å². The summed E-state index contributed by atoms with van der Waals surface area (Å²) in [4.78, 5) is 0. The highest BCUT2D eigenvalue weighted by Crippen LogP contribution is 2.42. The first-order chi connectivity index (χ1) is 16.7. The van der Waals surface area contributed by atoms with E-state index in [-0.39, 0.29) is 40.9 Å². The molecule has 1 aliphatic carbocycles. The molecule has 1 unspecified atom stereocenters. The maximum atomic E-state index is 14.7. The van der Waals surface area contributed by atoms with Gasteiger partial charge in [-0.05, 0) is 80.2 Å². The number of hydrogen-bond acceptors (Lipinski definition) is 2. The van der Waals surface area contributed by atoms with E-state index >= 15 is 0 Å². The van der Waals surface area contributed by atoms with Crippen molar-refractivity contribution in [3.05, 3.63) is 99.4 Å². The summed E-state index contributed by atoms with van der Waals surface area (Å²) in [5, 5.41) is 9.58. The van der Waals surface area contributed by atoms with E-state index in [0.717, 1.165) is 5.56 Å². The van der Waals surface area contributed by atoms with E-state index in [9.17, 15) is 27.1 Å². The van der Waals surface area contributed by atoms with E-state index in [4.69, 9.17) is 4.74 Å². The number of aliphatic hydroxyl groups excluding tert-OH is 1. The van der Waals surface area contributed by atoms with Crippen molar-refractivity contribution in [2.24, 2.45) is 0 Å². The van der Waals surface area contributed by atoms with Gasteiger partial charge >= 0.3 is 0 Å². The summed E-state index contributed by atoms with van der Waals surface area (Å²) in [6.45, 7) is 2.54. The molecule has 7 heteroatoms. The fraction of sp³-hybridized carbons (Fsp3) is 0.357. The lowest BCUT2D eigenvalue weighted by molar-refractivity contribution is 0.192. The molecular weight excluding hydrogens is 463 g/mol. The van der Waals surface area contributed by atoms with Crippen LogP contribution >= 0.6 is 0 Å². The molecule has 0 aromatic heterocycles. The summed E-state index contributed by atoms with van der Waals surface area (Å²) in [5.74, 6) is -4.62. The number of benzene rings is 3. The van der Waals surface area contributed by atoms with Crippen molar-refractivity contribution in [1.82, 2.24) is 0 Å². The maximum Gasteiger partial charge on any atom is 0.165 e. The Morgan fingerprint density at radius 2 is 1.51 bits per heavy atom. The number of rotatable bonds is 6. The third-order valence-corrected chi connectivity index (χ3v) is 6.93. The van der Waals surface area contributed by atoms with Gasteiger partial charge in [-0.15, -0.1) is 0 Å². The first-order valence-corrected chi connectivity index (χ1v) is 11.7. The molecule has 0 amide bonds. The Hall–Kier alpha value is -2.93. The van der Waals surface area contributed by atoms with Crippen LogP contribution in [0.1, 0.15) is 78.4 Å². The highest BCUT2D eigenvalue weighted by molar-refractivity contribution is 5.34. The fourth-order valence-electron chi connectivity index (χ4n) is 4.80. The monoisotopic (exact) mass is 490 g/mol. The Balaban J connectivity index is 1.40. The summed E-state index contributed by atoms with van der Waals surface area (Å²) in [6.07, 6.45) is 1.50. The molecule has 1 fully saturated rings. The first-order valence-electron chi connectivity index (χ1n) is 11.7. The minimum atomic E-state index is -1.09. The number of aryl methyl sites for hydroxylation is 1. The van der Waals surface area contributed by atoms with Crippen LogP contribution in [0.25, 0.3) is 0 Å². The molecule has 0 bridgehead atoms. The molecule has 35 heavy (non-hydrogen) atoms. The molecule has 1 N–H and O–H groups in total. The van der Waals surface area contributed by atoms with Crippen molar-refractivity contribution in [2.75, 3.05) is 0 Å². The minimum Gasteiger partial charge on any atom is -0.486 e. The van der Waals surface area contributed by atoms with Crippen molar-refractivity contribution in [1.29, 1.82) is 0 Å². The van der Waals surface area contributed by atoms with Crippen LogP contribution in [0, 0.1) is 36.0 Å².